The van der Waals surface area contributed by atoms with Gasteiger partial charge in [-0.05, 0) is 18.8 Å². The van der Waals surface area contributed by atoms with Crippen LogP contribution < -0.4 is 0 Å². The molecule has 1 aliphatic heterocycles. The van der Waals surface area contributed by atoms with E-state index in [-0.39, 0.29) is 11.6 Å². The Labute approximate surface area is 97.8 Å². The summed E-state index contributed by atoms with van der Waals surface area (Å²) < 4.78 is 1.50. The summed E-state index contributed by atoms with van der Waals surface area (Å²) in [6.07, 6.45) is 2.40. The van der Waals surface area contributed by atoms with E-state index in [1.165, 1.54) is 23.6 Å². The van der Waals surface area contributed by atoms with Crippen molar-refractivity contribution in [2.24, 2.45) is 5.92 Å². The Morgan fingerprint density at radius 1 is 1.47 bits per heavy atom. The van der Waals surface area contributed by atoms with Crippen LogP contribution in [0.25, 0.3) is 0 Å². The topological polar surface area (TPSA) is 75.4 Å². The van der Waals surface area contributed by atoms with E-state index in [9.17, 15) is 9.59 Å². The van der Waals surface area contributed by atoms with Gasteiger partial charge in [-0.1, -0.05) is 0 Å². The van der Waals surface area contributed by atoms with E-state index in [2.05, 4.69) is 5.10 Å². The molecule has 0 radical (unpaired) electrons. The highest BCUT2D eigenvalue weighted by atomic mass is 16.4. The standard InChI is InChI=1S/C11H13N3O3/c15-10-9-5-8(11(16)17)12-14(9)4-3-13(10)6-7-1-2-7/h5,7H,1-4,6H2,(H,16,17). The molecule has 17 heavy (non-hydrogen) atoms. The average molecular weight is 235 g/mol. The summed E-state index contributed by atoms with van der Waals surface area (Å²) in [5, 5.41) is 12.7. The summed E-state index contributed by atoms with van der Waals surface area (Å²) in [4.78, 5) is 24.7. The molecule has 0 bridgehead atoms. The van der Waals surface area contributed by atoms with Crippen molar-refractivity contribution in [1.29, 1.82) is 0 Å². The molecule has 1 aromatic heterocycles. The van der Waals surface area contributed by atoms with Gasteiger partial charge in [-0.2, -0.15) is 5.10 Å². The fourth-order valence-corrected chi connectivity index (χ4v) is 2.13. The van der Waals surface area contributed by atoms with Crippen molar-refractivity contribution >= 4 is 11.9 Å². The number of carbonyl (C=O) groups is 2. The lowest BCUT2D eigenvalue weighted by Crippen LogP contribution is -2.41. The minimum atomic E-state index is -1.09. The highest BCUT2D eigenvalue weighted by Gasteiger charge is 2.32. The third-order valence-electron chi connectivity index (χ3n) is 3.26. The molecule has 0 unspecified atom stereocenters. The quantitative estimate of drug-likeness (QED) is 0.825. The van der Waals surface area contributed by atoms with Crippen molar-refractivity contribution < 1.29 is 14.7 Å². The number of carboxylic acid groups (broad SMARTS) is 1. The number of nitrogens with zero attached hydrogens (tertiary/aromatic N) is 3. The molecular formula is C11H13N3O3. The molecule has 1 aromatic rings. The van der Waals surface area contributed by atoms with Crippen LogP contribution in [0.5, 0.6) is 0 Å². The fourth-order valence-electron chi connectivity index (χ4n) is 2.13. The average Bonchev–Trinajstić information content (AvgIpc) is 2.98. The zero-order chi connectivity index (χ0) is 12.0. The third kappa shape index (κ3) is 1.79. The Morgan fingerprint density at radius 2 is 2.24 bits per heavy atom. The molecule has 0 spiro atoms. The molecular weight excluding hydrogens is 222 g/mol. The van der Waals surface area contributed by atoms with Crippen LogP contribution in [0.15, 0.2) is 6.07 Å². The smallest absolute Gasteiger partial charge is 0.356 e. The molecule has 1 amide bonds. The van der Waals surface area contributed by atoms with Crippen LogP contribution in [0.3, 0.4) is 0 Å². The van der Waals surface area contributed by atoms with E-state index >= 15 is 0 Å². The fraction of sp³-hybridized carbons (Fsp3) is 0.545. The van der Waals surface area contributed by atoms with Crippen molar-refractivity contribution in [2.45, 2.75) is 19.4 Å². The number of aromatic carboxylic acids is 1. The van der Waals surface area contributed by atoms with Crippen LogP contribution in [0.2, 0.25) is 0 Å². The predicted molar refractivity (Wildman–Crippen MR) is 57.8 cm³/mol. The molecule has 0 saturated heterocycles. The Kier molecular flexibility index (Phi) is 2.17. The molecule has 1 saturated carbocycles. The first-order valence-electron chi connectivity index (χ1n) is 5.75. The molecule has 3 rings (SSSR count). The third-order valence-corrected chi connectivity index (χ3v) is 3.26. The molecule has 6 heteroatoms. The van der Waals surface area contributed by atoms with Gasteiger partial charge in [0.25, 0.3) is 5.91 Å². The maximum atomic E-state index is 12.1. The number of carboxylic acids is 1. The highest BCUT2D eigenvalue weighted by Crippen LogP contribution is 2.30. The van der Waals surface area contributed by atoms with Crippen LogP contribution in [-0.4, -0.2) is 44.8 Å². The molecule has 2 aliphatic rings. The zero-order valence-corrected chi connectivity index (χ0v) is 9.30. The van der Waals surface area contributed by atoms with Gasteiger partial charge in [0, 0.05) is 19.2 Å². The van der Waals surface area contributed by atoms with Crippen molar-refractivity contribution in [3.05, 3.63) is 17.5 Å². The van der Waals surface area contributed by atoms with Crippen molar-refractivity contribution in [1.82, 2.24) is 14.7 Å². The SMILES string of the molecule is O=C(O)c1cc2n(n1)CCN(CC1CC1)C2=O. The zero-order valence-electron chi connectivity index (χ0n) is 9.30. The summed E-state index contributed by atoms with van der Waals surface area (Å²) in [5.74, 6) is -0.538. The summed E-state index contributed by atoms with van der Waals surface area (Å²) in [6.45, 7) is 2.01. The minimum Gasteiger partial charge on any atom is -0.476 e. The van der Waals surface area contributed by atoms with Crippen LogP contribution in [0.4, 0.5) is 0 Å². The number of hydrogen-bond acceptors (Lipinski definition) is 3. The summed E-state index contributed by atoms with van der Waals surface area (Å²) in [5.41, 5.74) is 0.343. The molecule has 0 aromatic carbocycles. The maximum absolute atomic E-state index is 12.1. The molecule has 6 nitrogen and oxygen atoms in total. The van der Waals surface area contributed by atoms with Crippen LogP contribution in [0.1, 0.15) is 33.8 Å². The van der Waals surface area contributed by atoms with Gasteiger partial charge in [-0.15, -0.1) is 0 Å². The van der Waals surface area contributed by atoms with Crippen molar-refractivity contribution in [2.75, 3.05) is 13.1 Å². The lowest BCUT2D eigenvalue weighted by molar-refractivity contribution is 0.0673. The number of rotatable bonds is 3. The van der Waals surface area contributed by atoms with Crippen molar-refractivity contribution in [3.63, 3.8) is 0 Å². The van der Waals surface area contributed by atoms with E-state index < -0.39 is 5.97 Å². The Morgan fingerprint density at radius 3 is 2.88 bits per heavy atom. The van der Waals surface area contributed by atoms with Crippen molar-refractivity contribution in [3.8, 4) is 0 Å². The Hall–Kier alpha value is -1.85. The maximum Gasteiger partial charge on any atom is 0.356 e. The first-order chi connectivity index (χ1) is 8.15. The predicted octanol–water partition coefficient (Wildman–Crippen LogP) is 0.447. The van der Waals surface area contributed by atoms with Gasteiger partial charge in [-0.25, -0.2) is 4.79 Å². The first-order valence-corrected chi connectivity index (χ1v) is 5.75. The summed E-state index contributed by atoms with van der Waals surface area (Å²) in [6, 6.07) is 1.36. The number of carbonyl (C=O) groups excluding carboxylic acids is 1. The summed E-state index contributed by atoms with van der Waals surface area (Å²) in [7, 11) is 0. The second-order valence-corrected chi connectivity index (χ2v) is 4.64. The van der Waals surface area contributed by atoms with E-state index in [1.54, 1.807) is 4.90 Å². The van der Waals surface area contributed by atoms with Gasteiger partial charge in [0.05, 0.1) is 6.54 Å². The van der Waals surface area contributed by atoms with Gasteiger partial charge < -0.3 is 10.0 Å². The van der Waals surface area contributed by atoms with Crippen LogP contribution in [0, 0.1) is 5.92 Å². The molecule has 1 N–H and O–H groups in total. The second-order valence-electron chi connectivity index (χ2n) is 4.64. The molecule has 90 valence electrons. The molecule has 1 fully saturated rings. The number of fused-ring (bicyclic) bond motifs is 1. The Bertz CT molecular complexity index is 490. The van der Waals surface area contributed by atoms with E-state index in [4.69, 9.17) is 5.11 Å². The van der Waals surface area contributed by atoms with E-state index in [0.29, 0.717) is 24.7 Å². The minimum absolute atomic E-state index is 0.0541. The lowest BCUT2D eigenvalue weighted by atomic mass is 10.2. The number of aromatic nitrogens is 2. The normalized spacial score (nSPS) is 19.3. The number of amides is 1. The molecule has 0 atom stereocenters. The molecule has 2 heterocycles. The highest BCUT2D eigenvalue weighted by molar-refractivity contribution is 5.96. The van der Waals surface area contributed by atoms with Gasteiger partial charge >= 0.3 is 5.97 Å². The second kappa shape index (κ2) is 3.58. The monoisotopic (exact) mass is 235 g/mol. The van der Waals surface area contributed by atoms with Gasteiger partial charge in [0.15, 0.2) is 5.69 Å². The Balaban J connectivity index is 1.85. The van der Waals surface area contributed by atoms with Crippen LogP contribution >= 0.6 is 0 Å². The van der Waals surface area contributed by atoms with E-state index in [0.717, 1.165) is 6.54 Å². The largest absolute Gasteiger partial charge is 0.476 e. The summed E-state index contributed by atoms with van der Waals surface area (Å²) >= 11 is 0. The number of hydrogen-bond donors (Lipinski definition) is 1. The van der Waals surface area contributed by atoms with Crippen LogP contribution in [-0.2, 0) is 6.54 Å². The van der Waals surface area contributed by atoms with Gasteiger partial charge in [0.1, 0.15) is 5.69 Å². The van der Waals surface area contributed by atoms with Gasteiger partial charge in [-0.3, -0.25) is 9.48 Å². The lowest BCUT2D eigenvalue weighted by Gasteiger charge is -2.27. The van der Waals surface area contributed by atoms with Gasteiger partial charge in [0.2, 0.25) is 0 Å². The first kappa shape index (κ1) is 10.3. The molecule has 1 aliphatic carbocycles. The van der Waals surface area contributed by atoms with E-state index in [1.807, 2.05) is 0 Å².